The summed E-state index contributed by atoms with van der Waals surface area (Å²) in [6.07, 6.45) is -4.66. The molecule has 0 saturated carbocycles. The fourth-order valence-corrected chi connectivity index (χ4v) is 6.42. The molecular weight excluding hydrogens is 626 g/mol. The Kier molecular flexibility index (Phi) is 9.49. The summed E-state index contributed by atoms with van der Waals surface area (Å²) in [6, 6.07) is 18.4. The smallest absolute Gasteiger partial charge is 0.416 e. The summed E-state index contributed by atoms with van der Waals surface area (Å²) in [7, 11) is -8.64. The number of hydrogen-bond acceptors (Lipinski definition) is 6. The molecule has 44 heavy (non-hydrogen) atoms. The van der Waals surface area contributed by atoms with Gasteiger partial charge in [-0.1, -0.05) is 6.07 Å². The lowest BCUT2D eigenvalue weighted by atomic mass is 10.2. The van der Waals surface area contributed by atoms with E-state index in [2.05, 4.69) is 10.0 Å². The third kappa shape index (κ3) is 7.85. The highest BCUT2D eigenvalue weighted by atomic mass is 32.2. The van der Waals surface area contributed by atoms with Gasteiger partial charge in [0.25, 0.3) is 20.0 Å². The second kappa shape index (κ2) is 12.9. The quantitative estimate of drug-likeness (QED) is 0.196. The summed E-state index contributed by atoms with van der Waals surface area (Å²) < 4.78 is 113. The molecule has 0 aliphatic heterocycles. The number of halogens is 4. The van der Waals surface area contributed by atoms with E-state index in [9.17, 15) is 39.2 Å². The predicted octanol–water partition coefficient (Wildman–Crippen LogP) is 5.88. The molecule has 4 rings (SSSR count). The molecule has 0 bridgehead atoms. The number of benzene rings is 4. The zero-order chi connectivity index (χ0) is 32.1. The molecule has 0 saturated heterocycles. The first-order chi connectivity index (χ1) is 20.7. The van der Waals surface area contributed by atoms with Gasteiger partial charge in [0.1, 0.15) is 18.1 Å². The Hall–Kier alpha value is -4.63. The first-order valence-corrected chi connectivity index (χ1v) is 15.7. The lowest BCUT2D eigenvalue weighted by Gasteiger charge is -2.24. The van der Waals surface area contributed by atoms with Crippen LogP contribution < -0.4 is 19.1 Å². The van der Waals surface area contributed by atoms with Gasteiger partial charge in [-0.2, -0.15) is 13.2 Å². The molecule has 0 aromatic heterocycles. The molecule has 1 amide bonds. The molecule has 4 aromatic rings. The van der Waals surface area contributed by atoms with Gasteiger partial charge < -0.3 is 10.1 Å². The van der Waals surface area contributed by atoms with Crippen LogP contribution in [0.5, 0.6) is 5.75 Å². The standard InChI is InChI=1S/C29H25F4N3O6S2/c1-2-42-25-12-10-24(11-13-25)36(44(40,41)27-14-6-21(30)7-15-27)19-28(37)34-22-8-16-26(17-9-22)43(38,39)35-23-5-3-4-20(18-23)29(31,32)33/h3-18,35H,2,19H2,1H3,(H,34,37). The number of nitrogens with one attached hydrogen (secondary N) is 2. The molecule has 2 N–H and O–H groups in total. The van der Waals surface area contributed by atoms with E-state index >= 15 is 0 Å². The van der Waals surface area contributed by atoms with Crippen LogP contribution in [0.3, 0.4) is 0 Å². The zero-order valence-corrected chi connectivity index (χ0v) is 24.5. The molecule has 0 aliphatic rings. The first kappa shape index (κ1) is 32.3. The number of sulfonamides is 2. The van der Waals surface area contributed by atoms with Crippen LogP contribution in [0.25, 0.3) is 0 Å². The first-order valence-electron chi connectivity index (χ1n) is 12.8. The Bertz CT molecular complexity index is 1830. The van der Waals surface area contributed by atoms with Crippen molar-refractivity contribution >= 4 is 43.0 Å². The van der Waals surface area contributed by atoms with Gasteiger partial charge in [-0.25, -0.2) is 21.2 Å². The van der Waals surface area contributed by atoms with Crippen molar-refractivity contribution in [2.75, 3.05) is 27.5 Å². The lowest BCUT2D eigenvalue weighted by molar-refractivity contribution is -0.137. The molecule has 0 atom stereocenters. The predicted molar refractivity (Wildman–Crippen MR) is 156 cm³/mol. The van der Waals surface area contributed by atoms with Crippen molar-refractivity contribution in [3.63, 3.8) is 0 Å². The average molecular weight is 652 g/mol. The number of ether oxygens (including phenoxy) is 1. The highest BCUT2D eigenvalue weighted by Crippen LogP contribution is 2.31. The molecule has 4 aromatic carbocycles. The van der Waals surface area contributed by atoms with Crippen LogP contribution in [-0.4, -0.2) is 35.9 Å². The molecular formula is C29H25F4N3O6S2. The van der Waals surface area contributed by atoms with Gasteiger partial charge in [-0.05, 0) is 97.9 Å². The fraction of sp³-hybridized carbons (Fsp3) is 0.138. The van der Waals surface area contributed by atoms with Gasteiger partial charge in [0.15, 0.2) is 0 Å². The molecule has 0 fully saturated rings. The van der Waals surface area contributed by atoms with Crippen LogP contribution in [0, 0.1) is 5.82 Å². The van der Waals surface area contributed by atoms with Crippen molar-refractivity contribution in [3.05, 3.63) is 108 Å². The summed E-state index contributed by atoms with van der Waals surface area (Å²) in [6.45, 7) is 1.45. The Balaban J connectivity index is 1.52. The van der Waals surface area contributed by atoms with Gasteiger partial charge in [-0.3, -0.25) is 13.8 Å². The normalized spacial score (nSPS) is 11.9. The topological polar surface area (TPSA) is 122 Å². The number of alkyl halides is 3. The zero-order valence-electron chi connectivity index (χ0n) is 22.9. The summed E-state index contributed by atoms with van der Waals surface area (Å²) >= 11 is 0. The van der Waals surface area contributed by atoms with Crippen molar-refractivity contribution < 1.29 is 43.9 Å². The highest BCUT2D eigenvalue weighted by Gasteiger charge is 2.31. The Morgan fingerprint density at radius 1 is 0.818 bits per heavy atom. The number of amides is 1. The van der Waals surface area contributed by atoms with Gasteiger partial charge in [0.2, 0.25) is 5.91 Å². The molecule has 0 spiro atoms. The van der Waals surface area contributed by atoms with Crippen molar-refractivity contribution in [1.82, 2.24) is 0 Å². The highest BCUT2D eigenvalue weighted by molar-refractivity contribution is 7.93. The SMILES string of the molecule is CCOc1ccc(N(CC(=O)Nc2ccc(S(=O)(=O)Nc3cccc(C(F)(F)F)c3)cc2)S(=O)(=O)c2ccc(F)cc2)cc1. The second-order valence-corrected chi connectivity index (χ2v) is 12.7. The molecule has 0 aliphatic carbocycles. The van der Waals surface area contributed by atoms with E-state index in [0.717, 1.165) is 58.9 Å². The van der Waals surface area contributed by atoms with Crippen LogP contribution >= 0.6 is 0 Å². The number of nitrogens with zero attached hydrogens (tertiary/aromatic N) is 1. The largest absolute Gasteiger partial charge is 0.494 e. The van der Waals surface area contributed by atoms with Gasteiger partial charge >= 0.3 is 6.18 Å². The maximum atomic E-state index is 13.5. The van der Waals surface area contributed by atoms with E-state index in [1.165, 1.54) is 36.4 Å². The van der Waals surface area contributed by atoms with Crippen molar-refractivity contribution in [2.45, 2.75) is 22.9 Å². The van der Waals surface area contributed by atoms with Crippen molar-refractivity contribution in [3.8, 4) is 5.75 Å². The summed E-state index contributed by atoms with van der Waals surface area (Å²) in [5.41, 5.74) is -1.10. The van der Waals surface area contributed by atoms with Crippen LogP contribution in [0.4, 0.5) is 34.6 Å². The molecule has 232 valence electrons. The van der Waals surface area contributed by atoms with E-state index < -0.39 is 50.1 Å². The third-order valence-electron chi connectivity index (χ3n) is 6.02. The minimum absolute atomic E-state index is 0.110. The van der Waals surface area contributed by atoms with E-state index in [0.29, 0.717) is 18.4 Å². The molecule has 15 heteroatoms. The summed E-state index contributed by atoms with van der Waals surface area (Å²) in [5.74, 6) is -0.968. The lowest BCUT2D eigenvalue weighted by Crippen LogP contribution is -2.38. The fourth-order valence-electron chi connectivity index (χ4n) is 3.95. The molecule has 0 unspecified atom stereocenters. The minimum Gasteiger partial charge on any atom is -0.494 e. The van der Waals surface area contributed by atoms with Gasteiger partial charge in [-0.15, -0.1) is 0 Å². The maximum absolute atomic E-state index is 13.5. The molecule has 0 radical (unpaired) electrons. The summed E-state index contributed by atoms with van der Waals surface area (Å²) in [5, 5.41) is 2.49. The van der Waals surface area contributed by atoms with Gasteiger partial charge in [0, 0.05) is 11.4 Å². The van der Waals surface area contributed by atoms with Crippen molar-refractivity contribution in [2.24, 2.45) is 0 Å². The Labute approximate surface area is 251 Å². The molecule has 9 nitrogen and oxygen atoms in total. The Morgan fingerprint density at radius 3 is 2.02 bits per heavy atom. The van der Waals surface area contributed by atoms with Crippen molar-refractivity contribution in [1.29, 1.82) is 0 Å². The van der Waals surface area contributed by atoms with Crippen LogP contribution in [-0.2, 0) is 31.0 Å². The van der Waals surface area contributed by atoms with Gasteiger partial charge in [0.05, 0.1) is 27.6 Å². The van der Waals surface area contributed by atoms with E-state index in [1.54, 1.807) is 6.92 Å². The van der Waals surface area contributed by atoms with E-state index in [1.807, 2.05) is 0 Å². The van der Waals surface area contributed by atoms with E-state index in [-0.39, 0.29) is 26.9 Å². The number of anilines is 3. The number of carbonyl (C=O) groups is 1. The number of hydrogen-bond donors (Lipinski definition) is 2. The second-order valence-electron chi connectivity index (χ2n) is 9.15. The average Bonchev–Trinajstić information content (AvgIpc) is 2.96. The van der Waals surface area contributed by atoms with Crippen LogP contribution in [0.2, 0.25) is 0 Å². The minimum atomic E-state index is -4.66. The maximum Gasteiger partial charge on any atom is 0.416 e. The number of carbonyl (C=O) groups excluding carboxylic acids is 1. The Morgan fingerprint density at radius 2 is 1.43 bits per heavy atom. The number of rotatable bonds is 11. The monoisotopic (exact) mass is 651 g/mol. The third-order valence-corrected chi connectivity index (χ3v) is 9.20. The van der Waals surface area contributed by atoms with E-state index in [4.69, 9.17) is 4.74 Å². The van der Waals surface area contributed by atoms with Crippen LogP contribution in [0.1, 0.15) is 12.5 Å². The summed E-state index contributed by atoms with van der Waals surface area (Å²) in [4.78, 5) is 12.4. The van der Waals surface area contributed by atoms with Crippen LogP contribution in [0.15, 0.2) is 107 Å². The molecule has 0 heterocycles.